The number of benzene rings is 2. The van der Waals surface area contributed by atoms with Gasteiger partial charge < -0.3 is 4.57 Å². The highest BCUT2D eigenvalue weighted by Crippen LogP contribution is 2.25. The van der Waals surface area contributed by atoms with Gasteiger partial charge in [0, 0.05) is 24.7 Å². The van der Waals surface area contributed by atoms with Gasteiger partial charge in [0.2, 0.25) is 0 Å². The fourth-order valence-electron chi connectivity index (χ4n) is 2.41. The van der Waals surface area contributed by atoms with E-state index in [2.05, 4.69) is 4.98 Å². The normalized spacial score (nSPS) is 10.6. The number of aromatic nitrogens is 2. The van der Waals surface area contributed by atoms with Crippen LogP contribution in [0.2, 0.25) is 0 Å². The van der Waals surface area contributed by atoms with Gasteiger partial charge >= 0.3 is 0 Å². The number of nitro groups is 1. The topological polar surface area (TPSA) is 78.0 Å². The average Bonchev–Trinajstić information content (AvgIpc) is 3.01. The molecule has 0 saturated carbocycles. The Morgan fingerprint density at radius 3 is 2.68 bits per heavy atom. The van der Waals surface area contributed by atoms with Crippen LogP contribution >= 0.6 is 11.8 Å². The van der Waals surface area contributed by atoms with Gasteiger partial charge in [-0.05, 0) is 5.56 Å². The van der Waals surface area contributed by atoms with Crippen molar-refractivity contribution >= 4 is 23.2 Å². The van der Waals surface area contributed by atoms with Crippen LogP contribution in [-0.2, 0) is 7.05 Å². The van der Waals surface area contributed by atoms with Crippen molar-refractivity contribution in [2.24, 2.45) is 7.05 Å². The highest BCUT2D eigenvalue weighted by Gasteiger charge is 2.14. The van der Waals surface area contributed by atoms with Crippen molar-refractivity contribution in [3.8, 4) is 11.3 Å². The van der Waals surface area contributed by atoms with Gasteiger partial charge in [0.15, 0.2) is 10.9 Å². The van der Waals surface area contributed by atoms with Crippen LogP contribution in [0.4, 0.5) is 5.69 Å². The fourth-order valence-corrected chi connectivity index (χ4v) is 3.26. The Kier molecular flexibility index (Phi) is 4.95. The number of ketones is 1. The molecule has 1 heterocycles. The molecule has 0 aliphatic carbocycles. The van der Waals surface area contributed by atoms with E-state index in [1.54, 1.807) is 12.3 Å². The molecule has 0 aliphatic rings. The van der Waals surface area contributed by atoms with Crippen LogP contribution in [0.1, 0.15) is 10.4 Å². The number of carbonyl (C=O) groups is 1. The number of hydrogen-bond acceptors (Lipinski definition) is 5. The van der Waals surface area contributed by atoms with Crippen LogP contribution in [0.15, 0.2) is 66.0 Å². The molecule has 6 nitrogen and oxygen atoms in total. The van der Waals surface area contributed by atoms with Gasteiger partial charge in [0.1, 0.15) is 0 Å². The van der Waals surface area contributed by atoms with Crippen LogP contribution in [0.25, 0.3) is 11.3 Å². The van der Waals surface area contributed by atoms with Crippen LogP contribution in [0.5, 0.6) is 0 Å². The lowest BCUT2D eigenvalue weighted by atomic mass is 10.1. The van der Waals surface area contributed by atoms with E-state index in [1.165, 1.54) is 30.0 Å². The SMILES string of the molecule is Cn1c(-c2ccccc2)cnc1SCC(=O)c1cccc([N+](=O)[O-])c1. The minimum atomic E-state index is -0.505. The monoisotopic (exact) mass is 353 g/mol. The molecular weight excluding hydrogens is 338 g/mol. The molecule has 7 heteroatoms. The molecule has 0 bridgehead atoms. The van der Waals surface area contributed by atoms with Crippen molar-refractivity contribution in [1.82, 2.24) is 9.55 Å². The molecule has 0 unspecified atom stereocenters. The highest BCUT2D eigenvalue weighted by atomic mass is 32.2. The van der Waals surface area contributed by atoms with Gasteiger partial charge in [-0.3, -0.25) is 14.9 Å². The summed E-state index contributed by atoms with van der Waals surface area (Å²) in [5.74, 6) is -0.00164. The van der Waals surface area contributed by atoms with E-state index in [0.29, 0.717) is 5.56 Å². The molecular formula is C18H15N3O3S. The van der Waals surface area contributed by atoms with E-state index >= 15 is 0 Å². The van der Waals surface area contributed by atoms with Crippen molar-refractivity contribution in [3.05, 3.63) is 76.5 Å². The number of thioether (sulfide) groups is 1. The molecule has 2 aromatic carbocycles. The molecule has 0 atom stereocenters. The third-order valence-electron chi connectivity index (χ3n) is 3.73. The summed E-state index contributed by atoms with van der Waals surface area (Å²) in [6.07, 6.45) is 1.77. The van der Waals surface area contributed by atoms with E-state index in [4.69, 9.17) is 0 Å². The van der Waals surface area contributed by atoms with Crippen LogP contribution < -0.4 is 0 Å². The molecule has 0 saturated heterocycles. The minimum Gasteiger partial charge on any atom is -0.322 e. The average molecular weight is 353 g/mol. The summed E-state index contributed by atoms with van der Waals surface area (Å²) in [5.41, 5.74) is 2.26. The Balaban J connectivity index is 1.72. The van der Waals surface area contributed by atoms with Gasteiger partial charge in [-0.2, -0.15) is 0 Å². The zero-order chi connectivity index (χ0) is 17.8. The Labute approximate surface area is 148 Å². The van der Waals surface area contributed by atoms with Crippen molar-refractivity contribution in [1.29, 1.82) is 0 Å². The maximum atomic E-state index is 12.3. The van der Waals surface area contributed by atoms with Gasteiger partial charge in [-0.15, -0.1) is 0 Å². The Bertz CT molecular complexity index is 922. The maximum absolute atomic E-state index is 12.3. The lowest BCUT2D eigenvalue weighted by Gasteiger charge is -2.05. The second-order valence-electron chi connectivity index (χ2n) is 5.37. The summed E-state index contributed by atoms with van der Waals surface area (Å²) in [5, 5.41) is 11.5. The van der Waals surface area contributed by atoms with Gasteiger partial charge in [-0.25, -0.2) is 4.98 Å². The zero-order valence-corrected chi connectivity index (χ0v) is 14.3. The second kappa shape index (κ2) is 7.31. The maximum Gasteiger partial charge on any atom is 0.270 e. The predicted molar refractivity (Wildman–Crippen MR) is 96.8 cm³/mol. The van der Waals surface area contributed by atoms with Crippen LogP contribution in [0, 0.1) is 10.1 Å². The Morgan fingerprint density at radius 1 is 1.20 bits per heavy atom. The first-order valence-corrected chi connectivity index (χ1v) is 8.52. The molecule has 0 N–H and O–H groups in total. The summed E-state index contributed by atoms with van der Waals surface area (Å²) in [6.45, 7) is 0. The Hall–Kier alpha value is -2.93. The summed E-state index contributed by atoms with van der Waals surface area (Å²) in [6, 6.07) is 15.6. The second-order valence-corrected chi connectivity index (χ2v) is 6.31. The number of Topliss-reactive ketones (excluding diaryl/α,β-unsaturated/α-hetero) is 1. The highest BCUT2D eigenvalue weighted by molar-refractivity contribution is 7.99. The number of carbonyl (C=O) groups excluding carboxylic acids is 1. The van der Waals surface area contributed by atoms with Gasteiger partial charge in [0.05, 0.1) is 22.6 Å². The first-order chi connectivity index (χ1) is 12.1. The molecule has 0 amide bonds. The quantitative estimate of drug-likeness (QED) is 0.290. The summed E-state index contributed by atoms with van der Waals surface area (Å²) in [7, 11) is 1.90. The number of hydrogen-bond donors (Lipinski definition) is 0. The van der Waals surface area contributed by atoms with Crippen molar-refractivity contribution in [2.75, 3.05) is 5.75 Å². The van der Waals surface area contributed by atoms with Crippen LogP contribution in [0.3, 0.4) is 0 Å². The zero-order valence-electron chi connectivity index (χ0n) is 13.5. The van der Waals surface area contributed by atoms with Crippen molar-refractivity contribution in [3.63, 3.8) is 0 Å². The van der Waals surface area contributed by atoms with E-state index in [0.717, 1.165) is 16.4 Å². The first kappa shape index (κ1) is 16.9. The number of nitro benzene ring substituents is 1. The molecule has 0 spiro atoms. The van der Waals surface area contributed by atoms with Crippen LogP contribution in [-0.4, -0.2) is 26.0 Å². The van der Waals surface area contributed by atoms with E-state index in [-0.39, 0.29) is 17.2 Å². The third kappa shape index (κ3) is 3.77. The van der Waals surface area contributed by atoms with Crippen molar-refractivity contribution < 1.29 is 9.72 Å². The van der Waals surface area contributed by atoms with Gasteiger partial charge in [0.25, 0.3) is 5.69 Å². The first-order valence-electron chi connectivity index (χ1n) is 7.54. The number of rotatable bonds is 6. The van der Waals surface area contributed by atoms with E-state index < -0.39 is 4.92 Å². The molecule has 25 heavy (non-hydrogen) atoms. The molecule has 126 valence electrons. The number of non-ortho nitro benzene ring substituents is 1. The molecule has 1 aromatic heterocycles. The Morgan fingerprint density at radius 2 is 1.96 bits per heavy atom. The third-order valence-corrected chi connectivity index (χ3v) is 4.77. The predicted octanol–water partition coefficient (Wildman–Crippen LogP) is 3.97. The lowest BCUT2D eigenvalue weighted by Crippen LogP contribution is -2.04. The molecule has 0 fully saturated rings. The molecule has 0 radical (unpaired) electrons. The van der Waals surface area contributed by atoms with Gasteiger partial charge in [-0.1, -0.05) is 54.2 Å². The molecule has 3 aromatic rings. The minimum absolute atomic E-state index is 0.0841. The smallest absolute Gasteiger partial charge is 0.270 e. The largest absolute Gasteiger partial charge is 0.322 e. The number of imidazole rings is 1. The molecule has 0 aliphatic heterocycles. The van der Waals surface area contributed by atoms with E-state index in [1.807, 2.05) is 41.9 Å². The summed E-state index contributed by atoms with van der Waals surface area (Å²) >= 11 is 1.31. The van der Waals surface area contributed by atoms with E-state index in [9.17, 15) is 14.9 Å². The number of nitrogens with zero attached hydrogens (tertiary/aromatic N) is 3. The fraction of sp³-hybridized carbons (Fsp3) is 0.111. The van der Waals surface area contributed by atoms with Crippen molar-refractivity contribution in [2.45, 2.75) is 5.16 Å². The summed E-state index contributed by atoms with van der Waals surface area (Å²) < 4.78 is 1.93. The summed E-state index contributed by atoms with van der Waals surface area (Å²) in [4.78, 5) is 27.0. The standard InChI is InChI=1S/C18H15N3O3S/c1-20-16(13-6-3-2-4-7-13)11-19-18(20)25-12-17(22)14-8-5-9-15(10-14)21(23)24/h2-11H,12H2,1H3. The molecule has 3 rings (SSSR count). The lowest BCUT2D eigenvalue weighted by molar-refractivity contribution is -0.384.